The number of halogens is 1. The van der Waals surface area contributed by atoms with Gasteiger partial charge in [0, 0.05) is 0 Å². The third-order valence-corrected chi connectivity index (χ3v) is 3.13. The Kier molecular flexibility index (Phi) is 4.04. The van der Waals surface area contributed by atoms with Crippen LogP contribution in [0, 0.1) is 31.0 Å². The topological polar surface area (TPSA) is 50.1 Å². The molecule has 0 radical (unpaired) electrons. The lowest BCUT2D eigenvalue weighted by molar-refractivity contribution is 0.101. The van der Waals surface area contributed by atoms with Gasteiger partial charge in [0.25, 0.3) is 0 Å². The highest BCUT2D eigenvalue weighted by molar-refractivity contribution is 5.97. The predicted molar refractivity (Wildman–Crippen MR) is 77.1 cm³/mol. The standard InChI is InChI=1S/C17H14FNO2/c1-10-7-13(9-19)8-11(2)17(10)21-15-6-4-5-14(18)16(15)12(3)20/h4-8H,1-3H3. The van der Waals surface area contributed by atoms with Crippen LogP contribution in [0.15, 0.2) is 30.3 Å². The number of hydrogen-bond donors (Lipinski definition) is 0. The number of nitrogens with zero attached hydrogens (tertiary/aromatic N) is 1. The molecule has 0 amide bonds. The molecular weight excluding hydrogens is 269 g/mol. The van der Waals surface area contributed by atoms with Crippen LogP contribution in [0.5, 0.6) is 11.5 Å². The van der Waals surface area contributed by atoms with Crippen LogP contribution in [0.2, 0.25) is 0 Å². The van der Waals surface area contributed by atoms with Gasteiger partial charge in [0.05, 0.1) is 17.2 Å². The lowest BCUT2D eigenvalue weighted by Gasteiger charge is -2.14. The van der Waals surface area contributed by atoms with Crippen LogP contribution in [-0.2, 0) is 0 Å². The van der Waals surface area contributed by atoms with Crippen molar-refractivity contribution in [3.05, 3.63) is 58.4 Å². The maximum absolute atomic E-state index is 13.8. The van der Waals surface area contributed by atoms with E-state index in [9.17, 15) is 9.18 Å². The first-order valence-electron chi connectivity index (χ1n) is 6.42. The summed E-state index contributed by atoms with van der Waals surface area (Å²) in [4.78, 5) is 11.6. The highest BCUT2D eigenvalue weighted by atomic mass is 19.1. The van der Waals surface area contributed by atoms with Crippen LogP contribution in [0.3, 0.4) is 0 Å². The normalized spacial score (nSPS) is 10.0. The molecule has 0 aliphatic carbocycles. The molecule has 21 heavy (non-hydrogen) atoms. The van der Waals surface area contributed by atoms with Gasteiger partial charge >= 0.3 is 0 Å². The number of carbonyl (C=O) groups is 1. The molecule has 0 aromatic heterocycles. The number of benzene rings is 2. The summed E-state index contributed by atoms with van der Waals surface area (Å²) in [5.74, 6) is -0.295. The summed E-state index contributed by atoms with van der Waals surface area (Å²) in [6.07, 6.45) is 0. The summed E-state index contributed by atoms with van der Waals surface area (Å²) in [5.41, 5.74) is 1.97. The van der Waals surface area contributed by atoms with E-state index in [4.69, 9.17) is 10.00 Å². The minimum atomic E-state index is -0.607. The van der Waals surface area contributed by atoms with Crippen LogP contribution in [-0.4, -0.2) is 5.78 Å². The van der Waals surface area contributed by atoms with Crippen molar-refractivity contribution in [3.63, 3.8) is 0 Å². The summed E-state index contributed by atoms with van der Waals surface area (Å²) in [6, 6.07) is 9.72. The van der Waals surface area contributed by atoms with Gasteiger partial charge in [-0.15, -0.1) is 0 Å². The number of carbonyl (C=O) groups excluding carboxylic acids is 1. The van der Waals surface area contributed by atoms with Crippen molar-refractivity contribution in [3.8, 4) is 17.6 Å². The number of aryl methyl sites for hydroxylation is 2. The van der Waals surface area contributed by atoms with E-state index < -0.39 is 11.6 Å². The van der Waals surface area contributed by atoms with E-state index in [2.05, 4.69) is 6.07 Å². The van der Waals surface area contributed by atoms with E-state index in [0.29, 0.717) is 11.3 Å². The minimum Gasteiger partial charge on any atom is -0.456 e. The fourth-order valence-corrected chi connectivity index (χ4v) is 2.22. The second kappa shape index (κ2) is 5.76. The lowest BCUT2D eigenvalue weighted by Crippen LogP contribution is -2.02. The molecule has 0 heterocycles. The monoisotopic (exact) mass is 283 g/mol. The summed E-state index contributed by atoms with van der Waals surface area (Å²) in [7, 11) is 0. The Bertz CT molecular complexity index is 737. The van der Waals surface area contributed by atoms with E-state index in [-0.39, 0.29) is 11.3 Å². The first-order chi connectivity index (χ1) is 9.93. The number of rotatable bonds is 3. The quantitative estimate of drug-likeness (QED) is 0.789. The van der Waals surface area contributed by atoms with E-state index in [1.165, 1.54) is 19.1 Å². The fourth-order valence-electron chi connectivity index (χ4n) is 2.22. The Morgan fingerprint density at radius 2 is 1.86 bits per heavy atom. The molecule has 0 N–H and O–H groups in total. The first kappa shape index (κ1) is 14.7. The molecule has 4 heteroatoms. The van der Waals surface area contributed by atoms with Crippen molar-refractivity contribution < 1.29 is 13.9 Å². The van der Waals surface area contributed by atoms with E-state index in [0.717, 1.165) is 11.1 Å². The van der Waals surface area contributed by atoms with Gasteiger partial charge < -0.3 is 4.74 Å². The molecule has 0 spiro atoms. The molecule has 0 aliphatic heterocycles. The minimum absolute atomic E-state index is 0.0688. The van der Waals surface area contributed by atoms with Crippen molar-refractivity contribution in [2.75, 3.05) is 0 Å². The van der Waals surface area contributed by atoms with Gasteiger partial charge in [-0.1, -0.05) is 6.07 Å². The van der Waals surface area contributed by atoms with Crippen molar-refractivity contribution in [2.45, 2.75) is 20.8 Å². The molecule has 0 atom stereocenters. The van der Waals surface area contributed by atoms with Crippen molar-refractivity contribution >= 4 is 5.78 Å². The number of Topliss-reactive ketones (excluding diaryl/α,β-unsaturated/α-hetero) is 1. The van der Waals surface area contributed by atoms with Gasteiger partial charge in [0.1, 0.15) is 17.3 Å². The largest absolute Gasteiger partial charge is 0.456 e. The molecule has 0 bridgehead atoms. The molecule has 0 saturated heterocycles. The molecule has 2 aromatic rings. The average molecular weight is 283 g/mol. The Morgan fingerprint density at radius 3 is 2.38 bits per heavy atom. The fraction of sp³-hybridized carbons (Fsp3) is 0.176. The number of ether oxygens (including phenoxy) is 1. The highest BCUT2D eigenvalue weighted by Crippen LogP contribution is 2.32. The molecule has 0 unspecified atom stereocenters. The Morgan fingerprint density at radius 1 is 1.24 bits per heavy atom. The van der Waals surface area contributed by atoms with E-state index in [1.54, 1.807) is 32.0 Å². The second-order valence-corrected chi connectivity index (χ2v) is 4.82. The predicted octanol–water partition coefficient (Wildman–Crippen LogP) is 4.31. The molecule has 0 aliphatic rings. The number of hydrogen-bond acceptors (Lipinski definition) is 3. The van der Waals surface area contributed by atoms with E-state index in [1.807, 2.05) is 0 Å². The lowest BCUT2D eigenvalue weighted by atomic mass is 10.1. The molecule has 2 aromatic carbocycles. The molecule has 2 rings (SSSR count). The van der Waals surface area contributed by atoms with Crippen molar-refractivity contribution in [1.29, 1.82) is 5.26 Å². The summed E-state index contributed by atoms with van der Waals surface area (Å²) in [6.45, 7) is 4.90. The molecular formula is C17H14FNO2. The highest BCUT2D eigenvalue weighted by Gasteiger charge is 2.16. The molecule has 3 nitrogen and oxygen atoms in total. The summed E-state index contributed by atoms with van der Waals surface area (Å²) < 4.78 is 19.5. The van der Waals surface area contributed by atoms with Gasteiger partial charge in [0.15, 0.2) is 5.78 Å². The molecule has 106 valence electrons. The number of nitriles is 1. The smallest absolute Gasteiger partial charge is 0.166 e. The van der Waals surface area contributed by atoms with Gasteiger partial charge in [-0.25, -0.2) is 4.39 Å². The van der Waals surface area contributed by atoms with Gasteiger partial charge in [-0.05, 0) is 56.2 Å². The summed E-state index contributed by atoms with van der Waals surface area (Å²) in [5, 5.41) is 8.94. The van der Waals surface area contributed by atoms with Crippen LogP contribution in [0.1, 0.15) is 34.0 Å². The van der Waals surface area contributed by atoms with Crippen molar-refractivity contribution in [2.24, 2.45) is 0 Å². The zero-order chi connectivity index (χ0) is 15.6. The van der Waals surface area contributed by atoms with Crippen LogP contribution in [0.4, 0.5) is 4.39 Å². The third-order valence-electron chi connectivity index (χ3n) is 3.13. The molecule has 0 fully saturated rings. The van der Waals surface area contributed by atoms with Gasteiger partial charge in [-0.2, -0.15) is 5.26 Å². The number of ketones is 1. The molecule has 0 saturated carbocycles. The van der Waals surface area contributed by atoms with Gasteiger partial charge in [-0.3, -0.25) is 4.79 Å². The van der Waals surface area contributed by atoms with Crippen molar-refractivity contribution in [1.82, 2.24) is 0 Å². The maximum Gasteiger partial charge on any atom is 0.166 e. The maximum atomic E-state index is 13.8. The SMILES string of the molecule is CC(=O)c1c(F)cccc1Oc1c(C)cc(C#N)cc1C. The first-order valence-corrected chi connectivity index (χ1v) is 6.42. The average Bonchev–Trinajstić information content (AvgIpc) is 2.42. The van der Waals surface area contributed by atoms with Crippen LogP contribution in [0.25, 0.3) is 0 Å². The second-order valence-electron chi connectivity index (χ2n) is 4.82. The van der Waals surface area contributed by atoms with Gasteiger partial charge in [0.2, 0.25) is 0 Å². The Hall–Kier alpha value is -2.67. The Labute approximate surface area is 122 Å². The Balaban J connectivity index is 2.52. The van der Waals surface area contributed by atoms with Crippen LogP contribution >= 0.6 is 0 Å². The third kappa shape index (κ3) is 2.92. The zero-order valence-electron chi connectivity index (χ0n) is 12.0. The van der Waals surface area contributed by atoms with E-state index >= 15 is 0 Å². The van der Waals surface area contributed by atoms with Crippen LogP contribution < -0.4 is 4.74 Å². The zero-order valence-corrected chi connectivity index (χ0v) is 12.0. The summed E-state index contributed by atoms with van der Waals surface area (Å²) >= 11 is 0.